The number of hydrogen-bond donors (Lipinski definition) is 1. The summed E-state index contributed by atoms with van der Waals surface area (Å²) in [6, 6.07) is 3.78. The Kier molecular flexibility index (Phi) is 6.35. The van der Waals surface area contributed by atoms with Crippen LogP contribution in [0.15, 0.2) is 17.5 Å². The number of nitrogens with zero attached hydrogens (tertiary/aromatic N) is 1. The van der Waals surface area contributed by atoms with Crippen LogP contribution in [0.2, 0.25) is 0 Å². The highest BCUT2D eigenvalue weighted by atomic mass is 32.1. The van der Waals surface area contributed by atoms with Crippen molar-refractivity contribution in [2.75, 3.05) is 13.1 Å². The highest BCUT2D eigenvalue weighted by molar-refractivity contribution is 7.10. The molecule has 6 heteroatoms. The molecule has 0 saturated carbocycles. The first-order valence-electron chi connectivity index (χ1n) is 6.23. The second-order valence-electron chi connectivity index (χ2n) is 4.17. The lowest BCUT2D eigenvalue weighted by atomic mass is 10.2. The van der Waals surface area contributed by atoms with Gasteiger partial charge in [0.25, 0.3) is 0 Å². The third-order valence-corrected chi connectivity index (χ3v) is 3.56. The van der Waals surface area contributed by atoms with Crippen molar-refractivity contribution >= 4 is 23.4 Å². The first kappa shape index (κ1) is 15.5. The number of rotatable bonds is 7. The van der Waals surface area contributed by atoms with Crippen LogP contribution in [-0.2, 0) is 9.53 Å². The average Bonchev–Trinajstić information content (AvgIpc) is 2.85. The molecule has 0 aliphatic rings. The fourth-order valence-electron chi connectivity index (χ4n) is 1.78. The van der Waals surface area contributed by atoms with Crippen molar-refractivity contribution in [1.82, 2.24) is 4.90 Å². The number of hydrogen-bond acceptors (Lipinski definition) is 4. The first-order chi connectivity index (χ1) is 9.04. The van der Waals surface area contributed by atoms with Gasteiger partial charge in [-0.3, -0.25) is 4.79 Å². The molecule has 0 saturated heterocycles. The van der Waals surface area contributed by atoms with Gasteiger partial charge >= 0.3 is 12.1 Å². The molecular weight excluding hydrogens is 266 g/mol. The Morgan fingerprint density at radius 1 is 1.47 bits per heavy atom. The van der Waals surface area contributed by atoms with Gasteiger partial charge in [-0.25, -0.2) is 4.79 Å². The maximum atomic E-state index is 11.1. The smallest absolute Gasteiger partial charge is 0.407 e. The van der Waals surface area contributed by atoms with Crippen molar-refractivity contribution in [3.8, 4) is 0 Å². The van der Waals surface area contributed by atoms with E-state index in [0.717, 1.165) is 11.3 Å². The van der Waals surface area contributed by atoms with Gasteiger partial charge in [0.2, 0.25) is 0 Å². The van der Waals surface area contributed by atoms with Crippen LogP contribution in [0.25, 0.3) is 0 Å². The standard InChI is InChI=1S/C13H19NO4S/c1-3-7-14(13(16)17)8-6-11(18-10(2)15)12-5-4-9-19-12/h4-5,9,11H,3,6-8H2,1-2H3,(H,16,17)/t11-/m1/s1. The molecule has 1 aromatic heterocycles. The lowest BCUT2D eigenvalue weighted by Gasteiger charge is -2.22. The third kappa shape index (κ3) is 5.30. The Balaban J connectivity index is 2.62. The molecule has 0 aliphatic carbocycles. The van der Waals surface area contributed by atoms with Crippen molar-refractivity contribution in [3.05, 3.63) is 22.4 Å². The van der Waals surface area contributed by atoms with Crippen molar-refractivity contribution in [2.45, 2.75) is 32.8 Å². The molecule has 19 heavy (non-hydrogen) atoms. The van der Waals surface area contributed by atoms with Gasteiger partial charge < -0.3 is 14.7 Å². The Morgan fingerprint density at radius 2 is 2.21 bits per heavy atom. The van der Waals surface area contributed by atoms with Crippen LogP contribution in [0.5, 0.6) is 0 Å². The van der Waals surface area contributed by atoms with Gasteiger partial charge in [0, 0.05) is 31.3 Å². The van der Waals surface area contributed by atoms with Gasteiger partial charge in [0.15, 0.2) is 0 Å². The van der Waals surface area contributed by atoms with E-state index < -0.39 is 6.09 Å². The van der Waals surface area contributed by atoms with Crippen LogP contribution < -0.4 is 0 Å². The molecule has 1 aromatic rings. The van der Waals surface area contributed by atoms with E-state index in [1.54, 1.807) is 0 Å². The Hall–Kier alpha value is -1.56. The maximum absolute atomic E-state index is 11.1. The van der Waals surface area contributed by atoms with Gasteiger partial charge in [0.1, 0.15) is 6.10 Å². The molecule has 1 rings (SSSR count). The van der Waals surface area contributed by atoms with E-state index in [2.05, 4.69) is 0 Å². The Labute approximate surface area is 116 Å². The van der Waals surface area contributed by atoms with E-state index in [0.29, 0.717) is 19.5 Å². The molecule has 1 amide bonds. The fourth-order valence-corrected chi connectivity index (χ4v) is 2.57. The Bertz CT molecular complexity index is 405. The molecular formula is C13H19NO4S. The van der Waals surface area contributed by atoms with E-state index >= 15 is 0 Å². The Morgan fingerprint density at radius 3 is 2.68 bits per heavy atom. The minimum atomic E-state index is -0.936. The normalized spacial score (nSPS) is 11.9. The lowest BCUT2D eigenvalue weighted by Crippen LogP contribution is -2.32. The molecule has 1 heterocycles. The maximum Gasteiger partial charge on any atom is 0.407 e. The number of amides is 1. The highest BCUT2D eigenvalue weighted by Crippen LogP contribution is 2.26. The molecule has 0 fully saturated rings. The first-order valence-corrected chi connectivity index (χ1v) is 7.11. The summed E-state index contributed by atoms with van der Waals surface area (Å²) in [7, 11) is 0. The number of carbonyl (C=O) groups excluding carboxylic acids is 1. The van der Waals surface area contributed by atoms with Crippen molar-refractivity contribution < 1.29 is 19.4 Å². The molecule has 1 atom stereocenters. The quantitative estimate of drug-likeness (QED) is 0.782. The summed E-state index contributed by atoms with van der Waals surface area (Å²) < 4.78 is 5.25. The van der Waals surface area contributed by atoms with E-state index in [1.165, 1.54) is 23.2 Å². The predicted molar refractivity (Wildman–Crippen MR) is 73.3 cm³/mol. The zero-order chi connectivity index (χ0) is 14.3. The van der Waals surface area contributed by atoms with Crippen LogP contribution in [0.3, 0.4) is 0 Å². The average molecular weight is 285 g/mol. The molecule has 5 nitrogen and oxygen atoms in total. The summed E-state index contributed by atoms with van der Waals surface area (Å²) in [5, 5.41) is 11.0. The van der Waals surface area contributed by atoms with Crippen molar-refractivity contribution in [3.63, 3.8) is 0 Å². The molecule has 106 valence electrons. The molecule has 0 spiro atoms. The minimum absolute atomic E-state index is 0.351. The van der Waals surface area contributed by atoms with E-state index in [4.69, 9.17) is 9.84 Å². The number of esters is 1. The van der Waals surface area contributed by atoms with Crippen LogP contribution in [-0.4, -0.2) is 35.2 Å². The molecule has 0 aliphatic heterocycles. The fraction of sp³-hybridized carbons (Fsp3) is 0.538. The van der Waals surface area contributed by atoms with Gasteiger partial charge in [0.05, 0.1) is 0 Å². The van der Waals surface area contributed by atoms with Crippen molar-refractivity contribution in [2.24, 2.45) is 0 Å². The summed E-state index contributed by atoms with van der Waals surface area (Å²) in [6.07, 6.45) is -0.0542. The molecule has 0 unspecified atom stereocenters. The summed E-state index contributed by atoms with van der Waals surface area (Å²) in [6.45, 7) is 4.14. The molecule has 1 N–H and O–H groups in total. The van der Waals surface area contributed by atoms with Crippen LogP contribution in [0, 0.1) is 0 Å². The predicted octanol–water partition coefficient (Wildman–Crippen LogP) is 3.13. The van der Waals surface area contributed by atoms with Crippen molar-refractivity contribution in [1.29, 1.82) is 0 Å². The molecule has 0 bridgehead atoms. The van der Waals surface area contributed by atoms with Gasteiger partial charge in [-0.05, 0) is 17.9 Å². The summed E-state index contributed by atoms with van der Waals surface area (Å²) >= 11 is 1.50. The monoisotopic (exact) mass is 285 g/mol. The SMILES string of the molecule is CCCN(CC[C@@H](OC(C)=O)c1cccs1)C(=O)O. The summed E-state index contributed by atoms with van der Waals surface area (Å²) in [4.78, 5) is 24.4. The van der Waals surface area contributed by atoms with Gasteiger partial charge in [-0.1, -0.05) is 13.0 Å². The van der Waals surface area contributed by atoms with E-state index in [9.17, 15) is 9.59 Å². The number of thiophene rings is 1. The van der Waals surface area contributed by atoms with Crippen LogP contribution >= 0.6 is 11.3 Å². The zero-order valence-corrected chi connectivity index (χ0v) is 12.0. The van der Waals surface area contributed by atoms with E-state index in [-0.39, 0.29) is 12.1 Å². The topological polar surface area (TPSA) is 66.8 Å². The molecule has 0 aromatic carbocycles. The largest absolute Gasteiger partial charge is 0.465 e. The number of carboxylic acid groups (broad SMARTS) is 1. The number of carbonyl (C=O) groups is 2. The zero-order valence-electron chi connectivity index (χ0n) is 11.2. The summed E-state index contributed by atoms with van der Waals surface area (Å²) in [5.74, 6) is -0.351. The number of ether oxygens (including phenoxy) is 1. The minimum Gasteiger partial charge on any atom is -0.465 e. The molecule has 0 radical (unpaired) electrons. The van der Waals surface area contributed by atoms with Gasteiger partial charge in [-0.15, -0.1) is 11.3 Å². The second kappa shape index (κ2) is 7.78. The second-order valence-corrected chi connectivity index (χ2v) is 5.15. The van der Waals surface area contributed by atoms with E-state index in [1.807, 2.05) is 24.4 Å². The summed E-state index contributed by atoms with van der Waals surface area (Å²) in [5.41, 5.74) is 0. The van der Waals surface area contributed by atoms with Crippen LogP contribution in [0.4, 0.5) is 4.79 Å². The third-order valence-electron chi connectivity index (χ3n) is 2.59. The lowest BCUT2D eigenvalue weighted by molar-refractivity contribution is -0.147. The van der Waals surface area contributed by atoms with Crippen LogP contribution in [0.1, 0.15) is 37.7 Å². The van der Waals surface area contributed by atoms with Gasteiger partial charge in [-0.2, -0.15) is 0 Å². The highest BCUT2D eigenvalue weighted by Gasteiger charge is 2.19.